The molecule has 0 amide bonds. The van der Waals surface area contributed by atoms with Gasteiger partial charge in [0.15, 0.2) is 5.78 Å². The van der Waals surface area contributed by atoms with Crippen LogP contribution in [0.3, 0.4) is 0 Å². The molecule has 0 spiro atoms. The summed E-state index contributed by atoms with van der Waals surface area (Å²) >= 11 is 4.83. The minimum atomic E-state index is -1.14. The van der Waals surface area contributed by atoms with E-state index in [9.17, 15) is 9.59 Å². The number of rotatable bonds is 5. The molecule has 1 unspecified atom stereocenters. The number of thioether (sulfide) groups is 1. The first-order valence-corrected chi connectivity index (χ1v) is 8.28. The van der Waals surface area contributed by atoms with E-state index in [-0.39, 0.29) is 12.4 Å². The van der Waals surface area contributed by atoms with Gasteiger partial charge in [-0.25, -0.2) is 0 Å². The van der Waals surface area contributed by atoms with Gasteiger partial charge < -0.3 is 4.74 Å². The normalized spacial score (nSPS) is 21.1. The predicted molar refractivity (Wildman–Crippen MR) is 88.0 cm³/mol. The molecule has 110 valence electrons. The Balaban J connectivity index is 2.29. The summed E-state index contributed by atoms with van der Waals surface area (Å²) in [4.78, 5) is 24.8. The van der Waals surface area contributed by atoms with Gasteiger partial charge in [0.2, 0.25) is 0 Å². The lowest BCUT2D eigenvalue weighted by Crippen LogP contribution is -2.45. The monoisotopic (exact) mass is 366 g/mol. The molecule has 21 heavy (non-hydrogen) atoms. The molecule has 1 aliphatic heterocycles. The van der Waals surface area contributed by atoms with Crippen molar-refractivity contribution < 1.29 is 14.3 Å². The van der Waals surface area contributed by atoms with Crippen LogP contribution in [-0.2, 0) is 20.7 Å². The first-order chi connectivity index (χ1) is 10.1. The van der Waals surface area contributed by atoms with Crippen molar-refractivity contribution in [2.24, 2.45) is 5.41 Å². The smallest absolute Gasteiger partial charge is 0.321 e. The van der Waals surface area contributed by atoms with Crippen LogP contribution in [0.25, 0.3) is 0 Å². The van der Waals surface area contributed by atoms with Crippen LogP contribution in [0.2, 0.25) is 0 Å². The molecule has 0 aliphatic carbocycles. The quantitative estimate of drug-likeness (QED) is 0.454. The zero-order valence-corrected chi connectivity index (χ0v) is 13.8. The Bertz CT molecular complexity index is 580. The molecule has 0 aromatic heterocycles. The fourth-order valence-electron chi connectivity index (χ4n) is 2.12. The zero-order chi connectivity index (χ0) is 15.3. The summed E-state index contributed by atoms with van der Waals surface area (Å²) in [6.07, 6.45) is 3.30. The second kappa shape index (κ2) is 7.09. The number of ether oxygens (including phenoxy) is 1. The number of halogens is 1. The molecular weight excluding hydrogens is 352 g/mol. The maximum Gasteiger partial charge on any atom is 0.321 e. The first kappa shape index (κ1) is 16.0. The van der Waals surface area contributed by atoms with E-state index in [1.807, 2.05) is 24.3 Å². The van der Waals surface area contributed by atoms with Gasteiger partial charge in [0.05, 0.1) is 0 Å². The second-order valence-corrected chi connectivity index (χ2v) is 6.56. The van der Waals surface area contributed by atoms with Crippen molar-refractivity contribution in [3.8, 4) is 0 Å². The number of carbonyl (C=O) groups excluding carboxylic acids is 2. The molecule has 0 saturated carbocycles. The van der Waals surface area contributed by atoms with Crippen molar-refractivity contribution in [1.82, 2.24) is 0 Å². The summed E-state index contributed by atoms with van der Waals surface area (Å²) in [6, 6.07) is 7.61. The number of ketones is 1. The molecule has 0 fully saturated rings. The molecule has 0 saturated heterocycles. The third-order valence-corrected chi connectivity index (χ3v) is 4.78. The third-order valence-electron chi connectivity index (χ3n) is 3.26. The van der Waals surface area contributed by atoms with E-state index in [0.29, 0.717) is 12.2 Å². The summed E-state index contributed by atoms with van der Waals surface area (Å²) in [6.45, 7) is 3.64. The van der Waals surface area contributed by atoms with E-state index in [1.165, 1.54) is 23.9 Å². The van der Waals surface area contributed by atoms with Crippen molar-refractivity contribution >= 4 is 39.4 Å². The topological polar surface area (TPSA) is 43.4 Å². The largest absolute Gasteiger partial charge is 0.461 e. The molecule has 1 aliphatic rings. The summed E-state index contributed by atoms with van der Waals surface area (Å²) in [5.74, 6) is -0.278. The van der Waals surface area contributed by atoms with Crippen molar-refractivity contribution in [3.63, 3.8) is 0 Å². The van der Waals surface area contributed by atoms with Crippen molar-refractivity contribution in [2.45, 2.75) is 6.42 Å². The van der Waals surface area contributed by atoms with Crippen LogP contribution in [0.5, 0.6) is 0 Å². The van der Waals surface area contributed by atoms with Gasteiger partial charge in [-0.3, -0.25) is 9.59 Å². The predicted octanol–water partition coefficient (Wildman–Crippen LogP) is 3.54. The standard InChI is InChI=1S/C16H15BrO3S/c1-2-8-20-15(19)16(11-21-9-7-14(16)18)10-12-3-5-13(17)6-4-12/h2-7,9H,1,8,10-11H2. The summed E-state index contributed by atoms with van der Waals surface area (Å²) < 4.78 is 6.12. The molecule has 0 N–H and O–H groups in total. The van der Waals surface area contributed by atoms with Gasteiger partial charge in [-0.15, -0.1) is 11.8 Å². The van der Waals surface area contributed by atoms with Gasteiger partial charge >= 0.3 is 5.97 Å². The van der Waals surface area contributed by atoms with Gasteiger partial charge in [0.25, 0.3) is 0 Å². The van der Waals surface area contributed by atoms with E-state index in [2.05, 4.69) is 22.5 Å². The molecule has 1 atom stereocenters. The van der Waals surface area contributed by atoms with E-state index < -0.39 is 11.4 Å². The van der Waals surface area contributed by atoms with Crippen LogP contribution >= 0.6 is 27.7 Å². The average molecular weight is 367 g/mol. The van der Waals surface area contributed by atoms with Gasteiger partial charge in [-0.05, 0) is 35.6 Å². The first-order valence-electron chi connectivity index (χ1n) is 6.43. The molecule has 1 aromatic rings. The Kier molecular flexibility index (Phi) is 5.42. The molecule has 1 aromatic carbocycles. The second-order valence-electron chi connectivity index (χ2n) is 4.75. The maximum absolute atomic E-state index is 12.4. The van der Waals surface area contributed by atoms with Crippen LogP contribution in [-0.4, -0.2) is 24.1 Å². The molecule has 1 heterocycles. The highest BCUT2D eigenvalue weighted by atomic mass is 79.9. The van der Waals surface area contributed by atoms with E-state index in [0.717, 1.165) is 10.0 Å². The van der Waals surface area contributed by atoms with Crippen LogP contribution in [0, 0.1) is 5.41 Å². The van der Waals surface area contributed by atoms with Crippen molar-refractivity contribution in [1.29, 1.82) is 0 Å². The Morgan fingerprint density at radius 2 is 2.14 bits per heavy atom. The van der Waals surface area contributed by atoms with Crippen LogP contribution in [0.15, 0.2) is 52.9 Å². The number of hydrogen-bond acceptors (Lipinski definition) is 4. The van der Waals surface area contributed by atoms with Gasteiger partial charge in [0.1, 0.15) is 12.0 Å². The summed E-state index contributed by atoms with van der Waals surface area (Å²) in [5.41, 5.74) is -0.214. The minimum absolute atomic E-state index is 0.114. The minimum Gasteiger partial charge on any atom is -0.461 e. The number of allylic oxidation sites excluding steroid dienone is 1. The molecule has 3 nitrogen and oxygen atoms in total. The summed E-state index contributed by atoms with van der Waals surface area (Å²) in [7, 11) is 0. The van der Waals surface area contributed by atoms with E-state index >= 15 is 0 Å². The fourth-order valence-corrected chi connectivity index (χ4v) is 3.35. The van der Waals surface area contributed by atoms with Gasteiger partial charge in [0, 0.05) is 10.2 Å². The Labute approximate surface area is 136 Å². The van der Waals surface area contributed by atoms with Crippen molar-refractivity contribution in [3.05, 3.63) is 58.4 Å². The van der Waals surface area contributed by atoms with E-state index in [1.54, 1.807) is 5.41 Å². The van der Waals surface area contributed by atoms with Crippen molar-refractivity contribution in [2.75, 3.05) is 12.4 Å². The van der Waals surface area contributed by atoms with E-state index in [4.69, 9.17) is 4.74 Å². The number of carbonyl (C=O) groups is 2. The zero-order valence-electron chi connectivity index (χ0n) is 11.4. The Morgan fingerprint density at radius 3 is 2.76 bits per heavy atom. The van der Waals surface area contributed by atoms with Crippen LogP contribution in [0.4, 0.5) is 0 Å². The number of benzene rings is 1. The summed E-state index contributed by atoms with van der Waals surface area (Å²) in [5, 5.41) is 1.73. The highest BCUT2D eigenvalue weighted by Crippen LogP contribution is 2.35. The third kappa shape index (κ3) is 3.66. The maximum atomic E-state index is 12.4. The fraction of sp³-hybridized carbons (Fsp3) is 0.250. The number of hydrogen-bond donors (Lipinski definition) is 0. The average Bonchev–Trinajstić information content (AvgIpc) is 2.49. The highest BCUT2D eigenvalue weighted by molar-refractivity contribution is 9.10. The molecule has 0 radical (unpaired) electrons. The Morgan fingerprint density at radius 1 is 1.43 bits per heavy atom. The molecular formula is C16H15BrO3S. The lowest BCUT2D eigenvalue weighted by Gasteiger charge is -2.30. The van der Waals surface area contributed by atoms with Gasteiger partial charge in [-0.2, -0.15) is 0 Å². The highest BCUT2D eigenvalue weighted by Gasteiger charge is 2.47. The van der Waals surface area contributed by atoms with Gasteiger partial charge in [-0.1, -0.05) is 40.7 Å². The van der Waals surface area contributed by atoms with Crippen LogP contribution < -0.4 is 0 Å². The lowest BCUT2D eigenvalue weighted by atomic mass is 9.79. The number of esters is 1. The van der Waals surface area contributed by atoms with Crippen LogP contribution in [0.1, 0.15) is 5.56 Å². The SMILES string of the molecule is C=CCOC(=O)C1(Cc2ccc(Br)cc2)CSC=CC1=O. The molecule has 5 heteroatoms. The molecule has 0 bridgehead atoms. The lowest BCUT2D eigenvalue weighted by molar-refractivity contribution is -0.156. The Hall–Kier alpha value is -1.33. The molecule has 2 rings (SSSR count).